The molecule has 1 saturated heterocycles. The molecule has 1 aliphatic rings. The van der Waals surface area contributed by atoms with Crippen LogP contribution < -0.4 is 15.4 Å². The summed E-state index contributed by atoms with van der Waals surface area (Å²) in [6.45, 7) is 1.69. The molecule has 0 amide bonds. The van der Waals surface area contributed by atoms with E-state index in [1.807, 2.05) is 6.07 Å². The molecule has 5 nitrogen and oxygen atoms in total. The maximum absolute atomic E-state index is 5.62. The van der Waals surface area contributed by atoms with Crippen LogP contribution in [0.4, 0.5) is 5.82 Å². The molecule has 1 atom stereocenters. The van der Waals surface area contributed by atoms with Crippen molar-refractivity contribution in [1.82, 2.24) is 9.97 Å². The summed E-state index contributed by atoms with van der Waals surface area (Å²) in [4.78, 5) is 10.3. The Labute approximate surface area is 82.9 Å². The van der Waals surface area contributed by atoms with Gasteiger partial charge in [0, 0.05) is 25.2 Å². The SMILES string of the molecule is COc1cc(N2CCC2CN)ncn1. The quantitative estimate of drug-likeness (QED) is 0.735. The second-order valence-electron chi connectivity index (χ2n) is 3.29. The third kappa shape index (κ3) is 1.50. The molecule has 1 unspecified atom stereocenters. The lowest BCUT2D eigenvalue weighted by molar-refractivity contribution is 0.394. The molecule has 5 heteroatoms. The molecule has 2 N–H and O–H groups in total. The summed E-state index contributed by atoms with van der Waals surface area (Å²) in [5, 5.41) is 0. The molecular weight excluding hydrogens is 180 g/mol. The van der Waals surface area contributed by atoms with Crippen LogP contribution in [0.15, 0.2) is 12.4 Å². The second kappa shape index (κ2) is 3.79. The summed E-state index contributed by atoms with van der Waals surface area (Å²) >= 11 is 0. The van der Waals surface area contributed by atoms with Gasteiger partial charge < -0.3 is 15.4 Å². The van der Waals surface area contributed by atoms with Gasteiger partial charge >= 0.3 is 0 Å². The Kier molecular flexibility index (Phi) is 2.49. The van der Waals surface area contributed by atoms with Crippen molar-refractivity contribution >= 4 is 5.82 Å². The third-order valence-corrected chi connectivity index (χ3v) is 2.55. The minimum atomic E-state index is 0.426. The maximum atomic E-state index is 5.62. The highest BCUT2D eigenvalue weighted by molar-refractivity contribution is 5.44. The van der Waals surface area contributed by atoms with Gasteiger partial charge in [0.25, 0.3) is 0 Å². The molecule has 0 aliphatic carbocycles. The number of nitrogens with two attached hydrogens (primary N) is 1. The summed E-state index contributed by atoms with van der Waals surface area (Å²) in [7, 11) is 1.60. The van der Waals surface area contributed by atoms with E-state index in [9.17, 15) is 0 Å². The Balaban J connectivity index is 2.15. The zero-order valence-electron chi connectivity index (χ0n) is 8.18. The molecule has 1 aromatic heterocycles. The van der Waals surface area contributed by atoms with E-state index in [-0.39, 0.29) is 0 Å². The first-order valence-corrected chi connectivity index (χ1v) is 4.68. The highest BCUT2D eigenvalue weighted by Crippen LogP contribution is 2.25. The minimum Gasteiger partial charge on any atom is -0.481 e. The second-order valence-corrected chi connectivity index (χ2v) is 3.29. The average molecular weight is 194 g/mol. The van der Waals surface area contributed by atoms with Crippen molar-refractivity contribution in [2.24, 2.45) is 5.73 Å². The smallest absolute Gasteiger partial charge is 0.218 e. The fourth-order valence-electron chi connectivity index (χ4n) is 1.59. The third-order valence-electron chi connectivity index (χ3n) is 2.55. The largest absolute Gasteiger partial charge is 0.481 e. The molecule has 0 aromatic carbocycles. The molecule has 2 heterocycles. The zero-order valence-corrected chi connectivity index (χ0v) is 8.18. The van der Waals surface area contributed by atoms with Gasteiger partial charge in [0.1, 0.15) is 12.1 Å². The average Bonchev–Trinajstić information content (AvgIpc) is 2.17. The zero-order chi connectivity index (χ0) is 9.97. The Morgan fingerprint density at radius 2 is 2.50 bits per heavy atom. The van der Waals surface area contributed by atoms with Crippen molar-refractivity contribution in [2.45, 2.75) is 12.5 Å². The van der Waals surface area contributed by atoms with Crippen LogP contribution in [0.2, 0.25) is 0 Å². The topological polar surface area (TPSA) is 64.3 Å². The lowest BCUT2D eigenvalue weighted by Gasteiger charge is -2.41. The van der Waals surface area contributed by atoms with Gasteiger partial charge in [0.2, 0.25) is 5.88 Å². The van der Waals surface area contributed by atoms with Gasteiger partial charge in [-0.1, -0.05) is 0 Å². The van der Waals surface area contributed by atoms with Crippen LogP contribution in [0.5, 0.6) is 5.88 Å². The Morgan fingerprint density at radius 3 is 3.07 bits per heavy atom. The van der Waals surface area contributed by atoms with Crippen molar-refractivity contribution < 1.29 is 4.74 Å². The summed E-state index contributed by atoms with van der Waals surface area (Å²) < 4.78 is 5.03. The summed E-state index contributed by atoms with van der Waals surface area (Å²) in [6, 6.07) is 2.26. The summed E-state index contributed by atoms with van der Waals surface area (Å²) in [6.07, 6.45) is 2.66. The molecule has 1 aromatic rings. The van der Waals surface area contributed by atoms with Gasteiger partial charge in [0.15, 0.2) is 0 Å². The van der Waals surface area contributed by atoms with Gasteiger partial charge in [0.05, 0.1) is 7.11 Å². The molecule has 2 rings (SSSR count). The van der Waals surface area contributed by atoms with Gasteiger partial charge in [-0.05, 0) is 6.42 Å². The monoisotopic (exact) mass is 194 g/mol. The number of aromatic nitrogens is 2. The van der Waals surface area contributed by atoms with Gasteiger partial charge in [-0.2, -0.15) is 0 Å². The number of rotatable bonds is 3. The van der Waals surface area contributed by atoms with Crippen LogP contribution in [-0.2, 0) is 0 Å². The molecule has 0 radical (unpaired) electrons. The van der Waals surface area contributed by atoms with Gasteiger partial charge in [-0.3, -0.25) is 0 Å². The van der Waals surface area contributed by atoms with Crippen molar-refractivity contribution in [3.8, 4) is 5.88 Å². The van der Waals surface area contributed by atoms with E-state index in [1.165, 1.54) is 6.33 Å². The van der Waals surface area contributed by atoms with Crippen LogP contribution in [-0.4, -0.2) is 36.2 Å². The van der Waals surface area contributed by atoms with E-state index < -0.39 is 0 Å². The van der Waals surface area contributed by atoms with Crippen molar-refractivity contribution in [1.29, 1.82) is 0 Å². The van der Waals surface area contributed by atoms with Crippen LogP contribution in [0.3, 0.4) is 0 Å². The molecule has 0 spiro atoms. The van der Waals surface area contributed by atoms with Gasteiger partial charge in [-0.25, -0.2) is 9.97 Å². The number of ether oxygens (including phenoxy) is 1. The van der Waals surface area contributed by atoms with Crippen LogP contribution in [0, 0.1) is 0 Å². The normalized spacial score (nSPS) is 20.4. The molecule has 14 heavy (non-hydrogen) atoms. The van der Waals surface area contributed by atoms with E-state index in [2.05, 4.69) is 14.9 Å². The molecule has 0 bridgehead atoms. The van der Waals surface area contributed by atoms with Crippen LogP contribution >= 0.6 is 0 Å². The number of hydrogen-bond acceptors (Lipinski definition) is 5. The first-order valence-electron chi connectivity index (χ1n) is 4.68. The molecular formula is C9H14N4O. The standard InChI is InChI=1S/C9H14N4O/c1-14-9-4-8(11-6-12-9)13-3-2-7(13)5-10/h4,6-7H,2-3,5,10H2,1H3. The van der Waals surface area contributed by atoms with E-state index >= 15 is 0 Å². The first-order chi connectivity index (χ1) is 6.85. The summed E-state index contributed by atoms with van der Waals surface area (Å²) in [5.41, 5.74) is 5.62. The number of hydrogen-bond donors (Lipinski definition) is 1. The van der Waals surface area contributed by atoms with E-state index in [0.717, 1.165) is 18.8 Å². The maximum Gasteiger partial charge on any atom is 0.218 e. The predicted octanol–water partition coefficient (Wildman–Crippen LogP) is 0.0226. The first kappa shape index (κ1) is 9.21. The highest BCUT2D eigenvalue weighted by atomic mass is 16.5. The molecule has 0 saturated carbocycles. The van der Waals surface area contributed by atoms with Gasteiger partial charge in [-0.15, -0.1) is 0 Å². The molecule has 1 fully saturated rings. The Hall–Kier alpha value is -1.36. The minimum absolute atomic E-state index is 0.426. The number of methoxy groups -OCH3 is 1. The van der Waals surface area contributed by atoms with E-state index in [4.69, 9.17) is 10.5 Å². The fraction of sp³-hybridized carbons (Fsp3) is 0.556. The van der Waals surface area contributed by atoms with Crippen molar-refractivity contribution in [2.75, 3.05) is 25.1 Å². The highest BCUT2D eigenvalue weighted by Gasteiger charge is 2.27. The van der Waals surface area contributed by atoms with E-state index in [0.29, 0.717) is 18.5 Å². The van der Waals surface area contributed by atoms with Crippen molar-refractivity contribution in [3.05, 3.63) is 12.4 Å². The van der Waals surface area contributed by atoms with Crippen LogP contribution in [0.1, 0.15) is 6.42 Å². The summed E-state index contributed by atoms with van der Waals surface area (Å²) in [5.74, 6) is 1.50. The molecule has 76 valence electrons. The lowest BCUT2D eigenvalue weighted by atomic mass is 10.0. The molecule has 1 aliphatic heterocycles. The number of anilines is 1. The Bertz CT molecular complexity index is 315. The van der Waals surface area contributed by atoms with Crippen molar-refractivity contribution in [3.63, 3.8) is 0 Å². The van der Waals surface area contributed by atoms with E-state index in [1.54, 1.807) is 7.11 Å². The number of nitrogens with zero attached hydrogens (tertiary/aromatic N) is 3. The fourth-order valence-corrected chi connectivity index (χ4v) is 1.59. The predicted molar refractivity (Wildman–Crippen MR) is 53.4 cm³/mol. The van der Waals surface area contributed by atoms with Crippen LogP contribution in [0.25, 0.3) is 0 Å². The Morgan fingerprint density at radius 1 is 1.64 bits per heavy atom. The lowest BCUT2D eigenvalue weighted by Crippen LogP contribution is -2.52.